The number of nitrogens with one attached hydrogen (secondary N) is 1. The van der Waals surface area contributed by atoms with E-state index in [4.69, 9.17) is 9.47 Å². The average Bonchev–Trinajstić information content (AvgIpc) is 2.48. The molecule has 1 N–H and O–H groups in total. The highest BCUT2D eigenvalue weighted by molar-refractivity contribution is 5.85. The summed E-state index contributed by atoms with van der Waals surface area (Å²) in [6, 6.07) is 8.46. The van der Waals surface area contributed by atoms with E-state index in [1.54, 1.807) is 0 Å². The Bertz CT molecular complexity index is 434. The molecule has 3 nitrogen and oxygen atoms in total. The summed E-state index contributed by atoms with van der Waals surface area (Å²) in [6.07, 6.45) is 4.60. The number of benzene rings is 1. The van der Waals surface area contributed by atoms with Crippen molar-refractivity contribution in [3.05, 3.63) is 29.8 Å². The molecule has 4 heteroatoms. The number of ether oxygens (including phenoxy) is 2. The van der Waals surface area contributed by atoms with E-state index in [0.29, 0.717) is 0 Å². The van der Waals surface area contributed by atoms with Crippen molar-refractivity contribution in [2.45, 2.75) is 58.6 Å². The van der Waals surface area contributed by atoms with Crippen molar-refractivity contribution in [1.82, 2.24) is 5.32 Å². The van der Waals surface area contributed by atoms with Gasteiger partial charge < -0.3 is 14.8 Å². The fourth-order valence-corrected chi connectivity index (χ4v) is 2.99. The Hall–Kier alpha value is -0.770. The summed E-state index contributed by atoms with van der Waals surface area (Å²) in [6.45, 7) is 10.3. The van der Waals surface area contributed by atoms with Crippen molar-refractivity contribution in [2.24, 2.45) is 5.92 Å². The van der Waals surface area contributed by atoms with Gasteiger partial charge in [-0.15, -0.1) is 12.4 Å². The zero-order valence-electron chi connectivity index (χ0n) is 14.8. The number of unbranched alkanes of at least 4 members (excludes halogenated alkanes) is 1. The van der Waals surface area contributed by atoms with Gasteiger partial charge in [-0.05, 0) is 63.3 Å². The first kappa shape index (κ1) is 20.3. The van der Waals surface area contributed by atoms with Gasteiger partial charge in [0.15, 0.2) is 0 Å². The van der Waals surface area contributed by atoms with E-state index in [9.17, 15) is 0 Å². The molecule has 0 saturated carbocycles. The number of rotatable bonds is 8. The van der Waals surface area contributed by atoms with Crippen LogP contribution in [-0.2, 0) is 11.3 Å². The molecule has 1 fully saturated rings. The molecule has 0 bridgehead atoms. The third-order valence-electron chi connectivity index (χ3n) is 4.25. The second-order valence-corrected chi connectivity index (χ2v) is 6.94. The normalized spacial score (nSPS) is 19.9. The van der Waals surface area contributed by atoms with Crippen LogP contribution < -0.4 is 10.1 Å². The van der Waals surface area contributed by atoms with Gasteiger partial charge in [0.1, 0.15) is 5.75 Å². The van der Waals surface area contributed by atoms with Gasteiger partial charge >= 0.3 is 0 Å². The molecule has 0 radical (unpaired) electrons. The Morgan fingerprint density at radius 1 is 1.26 bits per heavy atom. The summed E-state index contributed by atoms with van der Waals surface area (Å²) in [7, 11) is 0. The van der Waals surface area contributed by atoms with Gasteiger partial charge in [0, 0.05) is 13.2 Å². The third kappa shape index (κ3) is 7.56. The summed E-state index contributed by atoms with van der Waals surface area (Å²) in [5.74, 6) is 1.70. The van der Waals surface area contributed by atoms with E-state index in [0.717, 1.165) is 50.8 Å². The van der Waals surface area contributed by atoms with Crippen molar-refractivity contribution in [3.8, 4) is 5.75 Å². The molecule has 1 saturated heterocycles. The minimum absolute atomic E-state index is 0. The summed E-state index contributed by atoms with van der Waals surface area (Å²) in [5.41, 5.74) is 1.36. The topological polar surface area (TPSA) is 30.5 Å². The molecule has 1 aliphatic rings. The summed E-state index contributed by atoms with van der Waals surface area (Å²) in [4.78, 5) is 0. The predicted molar refractivity (Wildman–Crippen MR) is 98.6 cm³/mol. The molecule has 132 valence electrons. The predicted octanol–water partition coefficient (Wildman–Crippen LogP) is 4.58. The summed E-state index contributed by atoms with van der Waals surface area (Å²) >= 11 is 0. The largest absolute Gasteiger partial charge is 0.494 e. The lowest BCUT2D eigenvalue weighted by Crippen LogP contribution is -2.37. The highest BCUT2D eigenvalue weighted by Crippen LogP contribution is 2.28. The maximum Gasteiger partial charge on any atom is 0.119 e. The molecule has 0 amide bonds. The smallest absolute Gasteiger partial charge is 0.119 e. The van der Waals surface area contributed by atoms with E-state index in [2.05, 4.69) is 50.4 Å². The van der Waals surface area contributed by atoms with Crippen molar-refractivity contribution in [2.75, 3.05) is 19.8 Å². The van der Waals surface area contributed by atoms with Crippen molar-refractivity contribution in [3.63, 3.8) is 0 Å². The van der Waals surface area contributed by atoms with Crippen molar-refractivity contribution >= 4 is 12.4 Å². The monoisotopic (exact) mass is 341 g/mol. The molecule has 1 unspecified atom stereocenters. The molecule has 1 aromatic rings. The van der Waals surface area contributed by atoms with Gasteiger partial charge in [-0.1, -0.05) is 25.5 Å². The van der Waals surface area contributed by atoms with Crippen LogP contribution in [0.1, 0.15) is 52.0 Å². The second-order valence-electron chi connectivity index (χ2n) is 6.94. The van der Waals surface area contributed by atoms with E-state index in [-0.39, 0.29) is 18.0 Å². The summed E-state index contributed by atoms with van der Waals surface area (Å²) in [5, 5.41) is 3.58. The van der Waals surface area contributed by atoms with Crippen molar-refractivity contribution in [1.29, 1.82) is 0 Å². The maximum absolute atomic E-state index is 5.77. The van der Waals surface area contributed by atoms with Crippen LogP contribution in [0.2, 0.25) is 0 Å². The first-order valence-electron chi connectivity index (χ1n) is 8.65. The zero-order valence-corrected chi connectivity index (χ0v) is 15.6. The van der Waals surface area contributed by atoms with Gasteiger partial charge in [-0.2, -0.15) is 0 Å². The molecule has 23 heavy (non-hydrogen) atoms. The minimum atomic E-state index is 0. The van der Waals surface area contributed by atoms with Gasteiger partial charge in [0.2, 0.25) is 0 Å². The standard InChI is InChI=1S/C19H31NO2.ClH/c1-4-5-11-21-18-8-6-16(7-9-18)14-20-15-17-10-12-22-19(2,3)13-17;/h6-9,17,20H,4-5,10-15H2,1-3H3;1H. The van der Waals surface area contributed by atoms with Crippen LogP contribution in [0.25, 0.3) is 0 Å². The van der Waals surface area contributed by atoms with Crippen LogP contribution in [0.4, 0.5) is 0 Å². The highest BCUT2D eigenvalue weighted by Gasteiger charge is 2.28. The zero-order chi connectivity index (χ0) is 15.8. The Labute approximate surface area is 147 Å². The van der Waals surface area contributed by atoms with Crippen LogP contribution in [0, 0.1) is 5.92 Å². The molecule has 1 aromatic carbocycles. The number of hydrogen-bond donors (Lipinski definition) is 1. The van der Waals surface area contributed by atoms with E-state index in [1.165, 1.54) is 18.4 Å². The first-order valence-corrected chi connectivity index (χ1v) is 8.65. The average molecular weight is 342 g/mol. The molecular weight excluding hydrogens is 310 g/mol. The quantitative estimate of drug-likeness (QED) is 0.702. The van der Waals surface area contributed by atoms with Crippen LogP contribution in [-0.4, -0.2) is 25.4 Å². The van der Waals surface area contributed by atoms with Crippen LogP contribution in [0.5, 0.6) is 5.75 Å². The fraction of sp³-hybridized carbons (Fsp3) is 0.684. The molecule has 1 atom stereocenters. The lowest BCUT2D eigenvalue weighted by molar-refractivity contribution is -0.0718. The van der Waals surface area contributed by atoms with Gasteiger partial charge in [-0.3, -0.25) is 0 Å². The van der Waals surface area contributed by atoms with Gasteiger partial charge in [-0.25, -0.2) is 0 Å². The summed E-state index contributed by atoms with van der Waals surface area (Å²) < 4.78 is 11.5. The lowest BCUT2D eigenvalue weighted by atomic mass is 9.88. The molecule has 0 aromatic heterocycles. The second kappa shape index (κ2) is 10.2. The number of hydrogen-bond acceptors (Lipinski definition) is 3. The third-order valence-corrected chi connectivity index (χ3v) is 4.25. The Morgan fingerprint density at radius 3 is 2.65 bits per heavy atom. The molecule has 2 rings (SSSR count). The fourth-order valence-electron chi connectivity index (χ4n) is 2.99. The highest BCUT2D eigenvalue weighted by atomic mass is 35.5. The molecule has 0 aliphatic carbocycles. The van der Waals surface area contributed by atoms with E-state index in [1.807, 2.05) is 0 Å². The molecule has 1 heterocycles. The van der Waals surface area contributed by atoms with E-state index < -0.39 is 0 Å². The van der Waals surface area contributed by atoms with Crippen molar-refractivity contribution < 1.29 is 9.47 Å². The lowest BCUT2D eigenvalue weighted by Gasteiger charge is -2.35. The minimum Gasteiger partial charge on any atom is -0.494 e. The maximum atomic E-state index is 5.77. The first-order chi connectivity index (χ1) is 10.6. The van der Waals surface area contributed by atoms with Crippen LogP contribution in [0.15, 0.2) is 24.3 Å². The Balaban J connectivity index is 0.00000264. The Morgan fingerprint density at radius 2 is 2.00 bits per heavy atom. The SMILES string of the molecule is CCCCOc1ccc(CNCC2CCOC(C)(C)C2)cc1.Cl. The molecule has 0 spiro atoms. The Kier molecular flexibility index (Phi) is 8.96. The van der Waals surface area contributed by atoms with Crippen LogP contribution >= 0.6 is 12.4 Å². The van der Waals surface area contributed by atoms with E-state index >= 15 is 0 Å². The van der Waals surface area contributed by atoms with Gasteiger partial charge in [0.05, 0.1) is 12.2 Å². The van der Waals surface area contributed by atoms with Gasteiger partial charge in [0.25, 0.3) is 0 Å². The molecule has 1 aliphatic heterocycles. The number of halogens is 1. The molecular formula is C19H32ClNO2. The van der Waals surface area contributed by atoms with Crippen LogP contribution in [0.3, 0.4) is 0 Å².